The number of urea groups is 1. The number of carbonyl (C=O) groups excluding carboxylic acids is 3. The van der Waals surface area contributed by atoms with Gasteiger partial charge in [0.1, 0.15) is 5.76 Å². The first kappa shape index (κ1) is 14.4. The second-order valence-corrected chi connectivity index (χ2v) is 5.33. The third-order valence-electron chi connectivity index (χ3n) is 3.95. The van der Waals surface area contributed by atoms with Gasteiger partial charge in [-0.1, -0.05) is 0 Å². The lowest BCUT2D eigenvalue weighted by Gasteiger charge is -2.34. The van der Waals surface area contributed by atoms with Crippen molar-refractivity contribution < 1.29 is 18.8 Å². The predicted octanol–water partition coefficient (Wildman–Crippen LogP) is 0.836. The summed E-state index contributed by atoms with van der Waals surface area (Å²) in [6, 6.07) is 3.09. The van der Waals surface area contributed by atoms with Crippen LogP contribution in [-0.2, 0) is 9.59 Å². The topological polar surface area (TPSA) is 82.9 Å². The van der Waals surface area contributed by atoms with Crippen molar-refractivity contribution in [2.75, 3.05) is 19.6 Å². The molecule has 7 heteroatoms. The fourth-order valence-corrected chi connectivity index (χ4v) is 2.79. The second kappa shape index (κ2) is 6.05. The molecule has 2 fully saturated rings. The van der Waals surface area contributed by atoms with E-state index in [0.717, 1.165) is 0 Å². The predicted molar refractivity (Wildman–Crippen MR) is 77.6 cm³/mol. The Labute approximate surface area is 127 Å². The summed E-state index contributed by atoms with van der Waals surface area (Å²) in [4.78, 5) is 38.4. The molecule has 2 saturated heterocycles. The maximum atomic E-state index is 12.1. The molecular weight excluding hydrogens is 286 g/mol. The molecule has 1 aromatic rings. The van der Waals surface area contributed by atoms with Gasteiger partial charge in [0.15, 0.2) is 0 Å². The van der Waals surface area contributed by atoms with Crippen LogP contribution in [0.4, 0.5) is 4.79 Å². The van der Waals surface area contributed by atoms with Gasteiger partial charge in [0.25, 0.3) is 0 Å². The summed E-state index contributed by atoms with van der Waals surface area (Å²) in [5.41, 5.74) is 0. The first-order valence-electron chi connectivity index (χ1n) is 7.25. The number of furan rings is 1. The van der Waals surface area contributed by atoms with Gasteiger partial charge >= 0.3 is 6.03 Å². The Bertz CT molecular complexity index is 584. The van der Waals surface area contributed by atoms with Crippen molar-refractivity contribution in [2.24, 2.45) is 0 Å². The maximum Gasteiger partial charge on any atom is 0.324 e. The van der Waals surface area contributed by atoms with Crippen LogP contribution in [0.15, 0.2) is 28.9 Å². The van der Waals surface area contributed by atoms with Crippen molar-refractivity contribution >= 4 is 23.9 Å². The molecule has 0 spiro atoms. The number of carbonyl (C=O) groups is 3. The summed E-state index contributed by atoms with van der Waals surface area (Å²) in [5, 5.41) is 2.52. The summed E-state index contributed by atoms with van der Waals surface area (Å²) in [6.45, 7) is 1.13. The summed E-state index contributed by atoms with van der Waals surface area (Å²) in [5.74, 6) is 0.349. The summed E-state index contributed by atoms with van der Waals surface area (Å²) >= 11 is 0. The fourth-order valence-electron chi connectivity index (χ4n) is 2.79. The van der Waals surface area contributed by atoms with Gasteiger partial charge < -0.3 is 14.6 Å². The van der Waals surface area contributed by atoms with Crippen LogP contribution in [0.2, 0.25) is 0 Å². The number of nitrogens with zero attached hydrogens (tertiary/aromatic N) is 2. The van der Waals surface area contributed by atoms with Gasteiger partial charge in [-0.05, 0) is 31.1 Å². The number of hydrogen-bond acceptors (Lipinski definition) is 4. The minimum absolute atomic E-state index is 0.0733. The first-order chi connectivity index (χ1) is 10.6. The second-order valence-electron chi connectivity index (χ2n) is 5.33. The Morgan fingerprint density at radius 3 is 2.68 bits per heavy atom. The Hall–Kier alpha value is -2.57. The first-order valence-corrected chi connectivity index (χ1v) is 7.25. The van der Waals surface area contributed by atoms with Gasteiger partial charge in [-0.3, -0.25) is 14.5 Å². The molecule has 116 valence electrons. The molecule has 0 saturated carbocycles. The zero-order valence-electron chi connectivity index (χ0n) is 12.0. The zero-order valence-corrected chi connectivity index (χ0v) is 12.0. The van der Waals surface area contributed by atoms with E-state index in [0.29, 0.717) is 31.7 Å². The Morgan fingerprint density at radius 1 is 1.32 bits per heavy atom. The minimum Gasteiger partial charge on any atom is -0.465 e. The third kappa shape index (κ3) is 2.88. The van der Waals surface area contributed by atoms with Crippen molar-refractivity contribution in [1.29, 1.82) is 0 Å². The highest BCUT2D eigenvalue weighted by Crippen LogP contribution is 2.19. The molecule has 22 heavy (non-hydrogen) atoms. The molecule has 0 radical (unpaired) electrons. The molecule has 0 aliphatic carbocycles. The molecule has 4 amide bonds. The van der Waals surface area contributed by atoms with E-state index >= 15 is 0 Å². The largest absolute Gasteiger partial charge is 0.465 e. The van der Waals surface area contributed by atoms with Crippen LogP contribution in [-0.4, -0.2) is 53.3 Å². The lowest BCUT2D eigenvalue weighted by molar-refractivity contribution is -0.129. The number of likely N-dealkylation sites (tertiary alicyclic amines) is 1. The quantitative estimate of drug-likeness (QED) is 0.662. The number of piperidine rings is 1. The van der Waals surface area contributed by atoms with Crippen LogP contribution in [0.25, 0.3) is 6.08 Å². The summed E-state index contributed by atoms with van der Waals surface area (Å²) < 4.78 is 5.13. The highest BCUT2D eigenvalue weighted by Gasteiger charge is 2.36. The van der Waals surface area contributed by atoms with Gasteiger partial charge in [0.05, 0.1) is 12.8 Å². The molecule has 3 rings (SSSR count). The van der Waals surface area contributed by atoms with Crippen LogP contribution in [0, 0.1) is 0 Å². The zero-order chi connectivity index (χ0) is 15.5. The van der Waals surface area contributed by atoms with Gasteiger partial charge in [0.2, 0.25) is 11.8 Å². The van der Waals surface area contributed by atoms with Crippen LogP contribution in [0.5, 0.6) is 0 Å². The molecule has 0 unspecified atom stereocenters. The van der Waals surface area contributed by atoms with Crippen molar-refractivity contribution in [1.82, 2.24) is 15.1 Å². The molecule has 1 aromatic heterocycles. The van der Waals surface area contributed by atoms with E-state index in [2.05, 4.69) is 5.32 Å². The monoisotopic (exact) mass is 303 g/mol. The Kier molecular flexibility index (Phi) is 3.95. The number of amides is 4. The normalized spacial score (nSPS) is 20.0. The van der Waals surface area contributed by atoms with Crippen LogP contribution < -0.4 is 5.32 Å². The lowest BCUT2D eigenvalue weighted by Crippen LogP contribution is -2.48. The third-order valence-corrected chi connectivity index (χ3v) is 3.95. The summed E-state index contributed by atoms with van der Waals surface area (Å²) in [7, 11) is 0. The summed E-state index contributed by atoms with van der Waals surface area (Å²) in [6.07, 6.45) is 5.88. The SMILES string of the molecule is O=C(/C=C/c1ccco1)N1CCC(N2C(=O)CNC2=O)CC1. The Morgan fingerprint density at radius 2 is 2.09 bits per heavy atom. The molecule has 0 atom stereocenters. The fraction of sp³-hybridized carbons (Fsp3) is 0.400. The van der Waals surface area contributed by atoms with Crippen molar-refractivity contribution in [3.63, 3.8) is 0 Å². The van der Waals surface area contributed by atoms with Crippen molar-refractivity contribution in [3.8, 4) is 0 Å². The number of rotatable bonds is 3. The number of hydrogen-bond donors (Lipinski definition) is 1. The standard InChI is InChI=1S/C15H17N3O4/c19-13(4-3-12-2-1-9-22-12)17-7-5-11(6-8-17)18-14(20)10-16-15(18)21/h1-4,9,11H,5-8,10H2,(H,16,21)/b4-3+. The maximum absolute atomic E-state index is 12.1. The highest BCUT2D eigenvalue weighted by atomic mass is 16.3. The molecule has 1 N–H and O–H groups in total. The molecular formula is C15H17N3O4. The van der Waals surface area contributed by atoms with Gasteiger partial charge in [-0.2, -0.15) is 0 Å². The van der Waals surface area contributed by atoms with E-state index in [9.17, 15) is 14.4 Å². The van der Waals surface area contributed by atoms with E-state index in [1.165, 1.54) is 11.0 Å². The molecule has 2 aliphatic rings. The van der Waals surface area contributed by atoms with E-state index in [-0.39, 0.29) is 30.4 Å². The van der Waals surface area contributed by atoms with Crippen LogP contribution in [0.1, 0.15) is 18.6 Å². The minimum atomic E-state index is -0.326. The van der Waals surface area contributed by atoms with Gasteiger partial charge in [-0.15, -0.1) is 0 Å². The van der Waals surface area contributed by atoms with Gasteiger partial charge in [0, 0.05) is 25.2 Å². The molecule has 0 aromatic carbocycles. The average molecular weight is 303 g/mol. The highest BCUT2D eigenvalue weighted by molar-refractivity contribution is 6.02. The lowest BCUT2D eigenvalue weighted by atomic mass is 10.0. The smallest absolute Gasteiger partial charge is 0.324 e. The van der Waals surface area contributed by atoms with Gasteiger partial charge in [-0.25, -0.2) is 4.79 Å². The molecule has 7 nitrogen and oxygen atoms in total. The van der Waals surface area contributed by atoms with E-state index in [1.54, 1.807) is 29.4 Å². The van der Waals surface area contributed by atoms with Crippen molar-refractivity contribution in [2.45, 2.75) is 18.9 Å². The van der Waals surface area contributed by atoms with Crippen LogP contribution in [0.3, 0.4) is 0 Å². The van der Waals surface area contributed by atoms with Crippen molar-refractivity contribution in [3.05, 3.63) is 30.2 Å². The number of imide groups is 1. The van der Waals surface area contributed by atoms with E-state index in [1.807, 2.05) is 0 Å². The van der Waals surface area contributed by atoms with E-state index in [4.69, 9.17) is 4.42 Å². The Balaban J connectivity index is 1.54. The van der Waals surface area contributed by atoms with Crippen LogP contribution >= 0.6 is 0 Å². The van der Waals surface area contributed by atoms with E-state index < -0.39 is 0 Å². The average Bonchev–Trinajstić information content (AvgIpc) is 3.15. The number of nitrogens with one attached hydrogen (secondary N) is 1. The molecule has 0 bridgehead atoms. The molecule has 2 aliphatic heterocycles. The molecule has 3 heterocycles.